The zero-order valence-corrected chi connectivity index (χ0v) is 26.7. The van der Waals surface area contributed by atoms with Crippen LogP contribution in [0.25, 0.3) is 61.6 Å². The lowest BCUT2D eigenvalue weighted by Crippen LogP contribution is -2.11. The largest absolute Gasteiger partial charge is 0.309 e. The average molecular weight is 622 g/mol. The lowest BCUT2D eigenvalue weighted by molar-refractivity contribution is 0.619. The molecular weight excluding hydrogens is 591 g/mol. The molecule has 1 aliphatic carbocycles. The molecule has 3 nitrogen and oxygen atoms in total. The van der Waals surface area contributed by atoms with Crippen molar-refractivity contribution in [3.05, 3.63) is 163 Å². The Kier molecular flexibility index (Phi) is 6.76. The molecule has 0 fully saturated rings. The van der Waals surface area contributed by atoms with Crippen LogP contribution in [0.5, 0.6) is 0 Å². The van der Waals surface area contributed by atoms with Crippen molar-refractivity contribution in [2.24, 2.45) is 5.92 Å². The van der Waals surface area contributed by atoms with E-state index in [0.717, 1.165) is 34.0 Å². The van der Waals surface area contributed by atoms with Crippen molar-refractivity contribution in [1.29, 1.82) is 0 Å². The molecule has 0 saturated heterocycles. The van der Waals surface area contributed by atoms with E-state index < -0.39 is 0 Å². The van der Waals surface area contributed by atoms with Crippen LogP contribution < -0.4 is 0 Å². The fraction of sp³-hybridized carbons (Fsp3) is 0.0698. The number of nitrogens with zero attached hydrogens (tertiary/aromatic N) is 3. The number of benzene rings is 5. The molecule has 0 N–H and O–H groups in total. The molecule has 2 aromatic heterocycles. The number of aromatic nitrogens is 3. The van der Waals surface area contributed by atoms with E-state index in [0.29, 0.717) is 5.92 Å². The molecule has 2 atom stereocenters. The summed E-state index contributed by atoms with van der Waals surface area (Å²) >= 11 is 1.85. The van der Waals surface area contributed by atoms with E-state index in [2.05, 4.69) is 151 Å². The molecule has 0 spiro atoms. The van der Waals surface area contributed by atoms with Crippen LogP contribution in [0.2, 0.25) is 0 Å². The van der Waals surface area contributed by atoms with Gasteiger partial charge >= 0.3 is 0 Å². The van der Waals surface area contributed by atoms with Gasteiger partial charge in [-0.25, -0.2) is 9.97 Å². The van der Waals surface area contributed by atoms with Gasteiger partial charge in [-0.05, 0) is 47.9 Å². The van der Waals surface area contributed by atoms with Crippen molar-refractivity contribution in [3.8, 4) is 50.7 Å². The second-order valence-corrected chi connectivity index (χ2v) is 13.3. The Bertz CT molecular complexity index is 2350. The Morgan fingerprint density at radius 1 is 0.617 bits per heavy atom. The highest BCUT2D eigenvalue weighted by molar-refractivity contribution is 7.99. The summed E-state index contributed by atoms with van der Waals surface area (Å²) in [5.74, 6) is 1.31. The molecule has 1 aliphatic heterocycles. The maximum Gasteiger partial charge on any atom is 0.160 e. The molecule has 7 aromatic rings. The molecule has 4 heteroatoms. The Labute approximate surface area is 279 Å². The molecule has 3 heterocycles. The minimum Gasteiger partial charge on any atom is -0.309 e. The maximum atomic E-state index is 5.11. The summed E-state index contributed by atoms with van der Waals surface area (Å²) in [4.78, 5) is 12.7. The van der Waals surface area contributed by atoms with Crippen LogP contribution in [0.4, 0.5) is 0 Å². The minimum absolute atomic E-state index is 0.200. The smallest absolute Gasteiger partial charge is 0.160 e. The van der Waals surface area contributed by atoms with Crippen molar-refractivity contribution < 1.29 is 0 Å². The second-order valence-electron chi connectivity index (χ2n) is 12.2. The highest BCUT2D eigenvalue weighted by atomic mass is 32.2. The quantitative estimate of drug-likeness (QED) is 0.196. The van der Waals surface area contributed by atoms with E-state index >= 15 is 0 Å². The standard InChI is InChI=1S/C43H31N3S/c1-28-13-5-6-16-32(28)37-27-36(44-43(45-37)30-14-3-2-4-15-30)29-23-25-31(26-24-29)46-38-20-10-7-17-33(38)41-34-18-8-11-21-39(34)47-40-22-12-9-19-35(40)42(41)46/h2-28,32H,1H3. The number of para-hydroxylation sites is 1. The third kappa shape index (κ3) is 4.76. The fourth-order valence-corrected chi connectivity index (χ4v) is 8.12. The first-order valence-electron chi connectivity index (χ1n) is 16.1. The molecule has 0 radical (unpaired) electrons. The highest BCUT2D eigenvalue weighted by Crippen LogP contribution is 2.52. The Morgan fingerprint density at radius 3 is 2.11 bits per heavy atom. The van der Waals surface area contributed by atoms with Crippen LogP contribution in [-0.4, -0.2) is 14.5 Å². The van der Waals surface area contributed by atoms with Gasteiger partial charge in [-0.2, -0.15) is 0 Å². The number of hydrogen-bond acceptors (Lipinski definition) is 3. The van der Waals surface area contributed by atoms with Gasteiger partial charge in [-0.3, -0.25) is 0 Å². The number of hydrogen-bond donors (Lipinski definition) is 0. The predicted octanol–water partition coefficient (Wildman–Crippen LogP) is 11.4. The van der Waals surface area contributed by atoms with Crippen LogP contribution in [0, 0.1) is 5.92 Å². The fourth-order valence-electron chi connectivity index (χ4n) is 7.04. The van der Waals surface area contributed by atoms with Crippen molar-refractivity contribution in [2.45, 2.75) is 22.6 Å². The van der Waals surface area contributed by atoms with E-state index in [1.165, 1.54) is 43.1 Å². The van der Waals surface area contributed by atoms with Gasteiger partial charge in [0.15, 0.2) is 5.82 Å². The van der Waals surface area contributed by atoms with Gasteiger partial charge in [0, 0.05) is 49.0 Å². The lowest BCUT2D eigenvalue weighted by atomic mass is 9.86. The molecule has 9 rings (SSSR count). The topological polar surface area (TPSA) is 30.7 Å². The summed E-state index contributed by atoms with van der Waals surface area (Å²) in [6.07, 6.45) is 8.76. The molecular formula is C43H31N3S. The Balaban J connectivity index is 1.22. The highest BCUT2D eigenvalue weighted by Gasteiger charge is 2.27. The van der Waals surface area contributed by atoms with Crippen molar-refractivity contribution in [3.63, 3.8) is 0 Å². The van der Waals surface area contributed by atoms with Crippen LogP contribution in [0.3, 0.4) is 0 Å². The normalized spacial score (nSPS) is 16.4. The van der Waals surface area contributed by atoms with Crippen LogP contribution >= 0.6 is 11.8 Å². The summed E-state index contributed by atoms with van der Waals surface area (Å²) in [7, 11) is 0. The monoisotopic (exact) mass is 621 g/mol. The molecule has 0 saturated carbocycles. The van der Waals surface area contributed by atoms with Crippen molar-refractivity contribution >= 4 is 22.7 Å². The van der Waals surface area contributed by atoms with Crippen molar-refractivity contribution in [2.75, 3.05) is 0 Å². The van der Waals surface area contributed by atoms with E-state index in [-0.39, 0.29) is 5.92 Å². The summed E-state index contributed by atoms with van der Waals surface area (Å²) in [5.41, 5.74) is 11.4. The molecule has 2 unspecified atom stereocenters. The number of rotatable bonds is 4. The first kappa shape index (κ1) is 27.8. The van der Waals surface area contributed by atoms with Gasteiger partial charge < -0.3 is 4.57 Å². The molecule has 2 aliphatic rings. The summed E-state index contributed by atoms with van der Waals surface area (Å²) < 4.78 is 2.44. The van der Waals surface area contributed by atoms with Gasteiger partial charge in [0.2, 0.25) is 0 Å². The second kappa shape index (κ2) is 11.4. The third-order valence-electron chi connectivity index (χ3n) is 9.34. The predicted molar refractivity (Wildman–Crippen MR) is 195 cm³/mol. The van der Waals surface area contributed by atoms with Gasteiger partial charge in [0.1, 0.15) is 0 Å². The first-order valence-corrected chi connectivity index (χ1v) is 16.9. The van der Waals surface area contributed by atoms with Gasteiger partial charge in [0.05, 0.1) is 22.6 Å². The van der Waals surface area contributed by atoms with Gasteiger partial charge in [-0.1, -0.05) is 140 Å². The van der Waals surface area contributed by atoms with E-state index in [1.54, 1.807) is 0 Å². The molecule has 224 valence electrons. The maximum absolute atomic E-state index is 5.11. The van der Waals surface area contributed by atoms with Crippen LogP contribution in [0.15, 0.2) is 168 Å². The minimum atomic E-state index is 0.200. The third-order valence-corrected chi connectivity index (χ3v) is 10.5. The molecule has 0 amide bonds. The number of allylic oxidation sites excluding steroid dienone is 4. The Hall–Kier alpha value is -5.45. The SMILES string of the molecule is CC1C=CC=CC1c1cc(-c2ccc(-n3c4c(c5ccccc53)-c3ccccc3Sc3ccccc3-4)cc2)nc(-c2ccccc2)n1. The van der Waals surface area contributed by atoms with Crippen LogP contribution in [0.1, 0.15) is 18.5 Å². The van der Waals surface area contributed by atoms with Gasteiger partial charge in [0.25, 0.3) is 0 Å². The summed E-state index contributed by atoms with van der Waals surface area (Å²) in [5, 5.41) is 1.26. The van der Waals surface area contributed by atoms with E-state index in [4.69, 9.17) is 9.97 Å². The average Bonchev–Trinajstić information content (AvgIpc) is 3.39. The summed E-state index contributed by atoms with van der Waals surface area (Å²) in [6.45, 7) is 2.25. The van der Waals surface area contributed by atoms with E-state index in [1.807, 2.05) is 30.0 Å². The summed E-state index contributed by atoms with van der Waals surface area (Å²) in [6, 6.07) is 47.8. The zero-order valence-electron chi connectivity index (χ0n) is 25.9. The van der Waals surface area contributed by atoms with Crippen molar-refractivity contribution in [1.82, 2.24) is 14.5 Å². The van der Waals surface area contributed by atoms with E-state index in [9.17, 15) is 0 Å². The first-order chi connectivity index (χ1) is 23.2. The lowest BCUT2D eigenvalue weighted by Gasteiger charge is -2.21. The van der Waals surface area contributed by atoms with Gasteiger partial charge in [-0.15, -0.1) is 0 Å². The Morgan fingerprint density at radius 2 is 1.30 bits per heavy atom. The van der Waals surface area contributed by atoms with Crippen LogP contribution in [-0.2, 0) is 0 Å². The molecule has 47 heavy (non-hydrogen) atoms. The zero-order chi connectivity index (χ0) is 31.3. The number of fused-ring (bicyclic) bond motifs is 7. The molecule has 5 aromatic carbocycles. The molecule has 0 bridgehead atoms.